The molecule has 1 aliphatic rings. The normalized spacial score (nSPS) is 15.4. The maximum atomic E-state index is 12.6. The molecule has 1 aliphatic heterocycles. The van der Waals surface area contributed by atoms with Gasteiger partial charge in [0, 0.05) is 17.7 Å². The van der Waals surface area contributed by atoms with Gasteiger partial charge in [-0.25, -0.2) is 0 Å². The second kappa shape index (κ2) is 6.02. The Labute approximate surface area is 120 Å². The first-order valence-corrected chi connectivity index (χ1v) is 7.24. The van der Waals surface area contributed by atoms with Gasteiger partial charge in [0.05, 0.1) is 0 Å². The molecule has 20 heavy (non-hydrogen) atoms. The number of rotatable bonds is 4. The zero-order valence-electron chi connectivity index (χ0n) is 11.6. The van der Waals surface area contributed by atoms with Crippen LogP contribution in [0.15, 0.2) is 54.6 Å². The molecular formula is C18H19NO. The van der Waals surface area contributed by atoms with Crippen LogP contribution < -0.4 is 0 Å². The summed E-state index contributed by atoms with van der Waals surface area (Å²) < 4.78 is 0. The lowest BCUT2D eigenvalue weighted by Gasteiger charge is -2.17. The first-order chi connectivity index (χ1) is 9.84. The van der Waals surface area contributed by atoms with Crippen LogP contribution in [-0.2, 0) is 6.54 Å². The Balaban J connectivity index is 1.87. The van der Waals surface area contributed by atoms with Gasteiger partial charge in [0.15, 0.2) is 5.78 Å². The highest BCUT2D eigenvalue weighted by Crippen LogP contribution is 2.19. The van der Waals surface area contributed by atoms with Gasteiger partial charge in [-0.05, 0) is 31.5 Å². The van der Waals surface area contributed by atoms with Gasteiger partial charge in [-0.3, -0.25) is 9.69 Å². The van der Waals surface area contributed by atoms with Gasteiger partial charge in [0.25, 0.3) is 0 Å². The third-order valence-electron chi connectivity index (χ3n) is 3.89. The minimum Gasteiger partial charge on any atom is -0.299 e. The van der Waals surface area contributed by atoms with Crippen molar-refractivity contribution in [1.29, 1.82) is 0 Å². The summed E-state index contributed by atoms with van der Waals surface area (Å²) in [6.07, 6.45) is 2.55. The Kier molecular flexibility index (Phi) is 3.93. The molecule has 0 radical (unpaired) electrons. The minimum absolute atomic E-state index is 0.125. The molecule has 1 saturated heterocycles. The lowest BCUT2D eigenvalue weighted by Crippen LogP contribution is -2.20. The number of carbonyl (C=O) groups is 1. The Bertz CT molecular complexity index is 585. The van der Waals surface area contributed by atoms with Gasteiger partial charge in [-0.15, -0.1) is 0 Å². The molecule has 1 fully saturated rings. The van der Waals surface area contributed by atoms with Crippen LogP contribution in [0.1, 0.15) is 34.3 Å². The molecule has 102 valence electrons. The molecule has 0 spiro atoms. The zero-order chi connectivity index (χ0) is 13.8. The third kappa shape index (κ3) is 2.81. The van der Waals surface area contributed by atoms with Crippen molar-refractivity contribution in [3.8, 4) is 0 Å². The van der Waals surface area contributed by atoms with Crippen molar-refractivity contribution < 1.29 is 4.79 Å². The second-order valence-corrected chi connectivity index (χ2v) is 5.34. The summed E-state index contributed by atoms with van der Waals surface area (Å²) in [4.78, 5) is 15.1. The number of carbonyl (C=O) groups excluding carboxylic acids is 1. The summed E-state index contributed by atoms with van der Waals surface area (Å²) >= 11 is 0. The maximum Gasteiger partial charge on any atom is 0.193 e. The molecule has 2 nitrogen and oxygen atoms in total. The lowest BCUT2D eigenvalue weighted by atomic mass is 9.98. The number of hydrogen-bond donors (Lipinski definition) is 0. The fourth-order valence-electron chi connectivity index (χ4n) is 2.81. The molecule has 1 heterocycles. The largest absolute Gasteiger partial charge is 0.299 e. The summed E-state index contributed by atoms with van der Waals surface area (Å²) in [5, 5.41) is 0. The van der Waals surface area contributed by atoms with Crippen LogP contribution >= 0.6 is 0 Å². The van der Waals surface area contributed by atoms with Crippen LogP contribution in [0.2, 0.25) is 0 Å². The van der Waals surface area contributed by atoms with Crippen LogP contribution in [0.5, 0.6) is 0 Å². The van der Waals surface area contributed by atoms with Crippen LogP contribution in [0.4, 0.5) is 0 Å². The van der Waals surface area contributed by atoms with Gasteiger partial charge in [-0.2, -0.15) is 0 Å². The lowest BCUT2D eigenvalue weighted by molar-refractivity contribution is 0.103. The molecule has 0 aliphatic carbocycles. The second-order valence-electron chi connectivity index (χ2n) is 5.34. The van der Waals surface area contributed by atoms with Crippen LogP contribution in [0.3, 0.4) is 0 Å². The Morgan fingerprint density at radius 3 is 2.30 bits per heavy atom. The summed E-state index contributed by atoms with van der Waals surface area (Å²) in [6, 6.07) is 17.5. The number of nitrogens with zero attached hydrogens (tertiary/aromatic N) is 1. The van der Waals surface area contributed by atoms with E-state index in [0.29, 0.717) is 0 Å². The van der Waals surface area contributed by atoms with Crippen molar-refractivity contribution >= 4 is 5.78 Å². The summed E-state index contributed by atoms with van der Waals surface area (Å²) in [5.41, 5.74) is 2.75. The monoisotopic (exact) mass is 265 g/mol. The minimum atomic E-state index is 0.125. The Hall–Kier alpha value is -1.93. The van der Waals surface area contributed by atoms with Crippen molar-refractivity contribution in [2.24, 2.45) is 0 Å². The molecule has 3 rings (SSSR count). The molecule has 2 aromatic carbocycles. The molecule has 0 saturated carbocycles. The summed E-state index contributed by atoms with van der Waals surface area (Å²) in [5.74, 6) is 0.125. The zero-order valence-corrected chi connectivity index (χ0v) is 11.6. The van der Waals surface area contributed by atoms with E-state index in [-0.39, 0.29) is 5.78 Å². The highest BCUT2D eigenvalue weighted by molar-refractivity contribution is 6.09. The van der Waals surface area contributed by atoms with Crippen molar-refractivity contribution in [1.82, 2.24) is 4.90 Å². The maximum absolute atomic E-state index is 12.6. The molecule has 2 heteroatoms. The number of hydrogen-bond acceptors (Lipinski definition) is 2. The molecule has 0 amide bonds. The molecule has 0 aromatic heterocycles. The number of benzene rings is 2. The van der Waals surface area contributed by atoms with Crippen LogP contribution in [-0.4, -0.2) is 23.8 Å². The van der Waals surface area contributed by atoms with E-state index in [1.165, 1.54) is 12.8 Å². The highest BCUT2D eigenvalue weighted by Gasteiger charge is 2.17. The predicted octanol–water partition coefficient (Wildman–Crippen LogP) is 3.51. The highest BCUT2D eigenvalue weighted by atomic mass is 16.1. The van der Waals surface area contributed by atoms with Gasteiger partial charge in [0.2, 0.25) is 0 Å². The fourth-order valence-corrected chi connectivity index (χ4v) is 2.81. The third-order valence-corrected chi connectivity index (χ3v) is 3.89. The summed E-state index contributed by atoms with van der Waals surface area (Å²) in [6.45, 7) is 3.18. The molecule has 2 aromatic rings. The van der Waals surface area contributed by atoms with E-state index in [1.807, 2.05) is 48.5 Å². The van der Waals surface area contributed by atoms with Crippen molar-refractivity contribution in [2.45, 2.75) is 19.4 Å². The quantitative estimate of drug-likeness (QED) is 0.788. The summed E-state index contributed by atoms with van der Waals surface area (Å²) in [7, 11) is 0. The van der Waals surface area contributed by atoms with Crippen molar-refractivity contribution in [3.05, 3.63) is 71.3 Å². The van der Waals surface area contributed by atoms with Gasteiger partial charge in [0.1, 0.15) is 0 Å². The predicted molar refractivity (Wildman–Crippen MR) is 80.8 cm³/mol. The Morgan fingerprint density at radius 1 is 0.900 bits per heavy atom. The van der Waals surface area contributed by atoms with E-state index in [4.69, 9.17) is 0 Å². The van der Waals surface area contributed by atoms with Gasteiger partial charge in [-0.1, -0.05) is 54.6 Å². The molecule has 0 bridgehead atoms. The van der Waals surface area contributed by atoms with E-state index in [9.17, 15) is 4.79 Å². The average molecular weight is 265 g/mol. The van der Waals surface area contributed by atoms with Crippen LogP contribution in [0.25, 0.3) is 0 Å². The van der Waals surface area contributed by atoms with Gasteiger partial charge >= 0.3 is 0 Å². The van der Waals surface area contributed by atoms with E-state index in [1.54, 1.807) is 0 Å². The smallest absolute Gasteiger partial charge is 0.193 e. The van der Waals surface area contributed by atoms with Crippen molar-refractivity contribution in [3.63, 3.8) is 0 Å². The Morgan fingerprint density at radius 2 is 1.55 bits per heavy atom. The average Bonchev–Trinajstić information content (AvgIpc) is 3.01. The first kappa shape index (κ1) is 13.1. The van der Waals surface area contributed by atoms with E-state index in [0.717, 1.165) is 36.3 Å². The van der Waals surface area contributed by atoms with E-state index in [2.05, 4.69) is 11.0 Å². The number of ketones is 1. The molecule has 0 unspecified atom stereocenters. The topological polar surface area (TPSA) is 20.3 Å². The SMILES string of the molecule is O=C(c1ccccc1)c1ccccc1CN1CCCC1. The standard InChI is InChI=1S/C18H19NO/c20-18(15-8-2-1-3-9-15)17-11-5-4-10-16(17)14-19-12-6-7-13-19/h1-5,8-11H,6-7,12-14H2. The van der Waals surface area contributed by atoms with E-state index >= 15 is 0 Å². The van der Waals surface area contributed by atoms with Crippen molar-refractivity contribution in [2.75, 3.05) is 13.1 Å². The fraction of sp³-hybridized carbons (Fsp3) is 0.278. The first-order valence-electron chi connectivity index (χ1n) is 7.24. The number of likely N-dealkylation sites (tertiary alicyclic amines) is 1. The molecule has 0 N–H and O–H groups in total. The van der Waals surface area contributed by atoms with Crippen LogP contribution in [0, 0.1) is 0 Å². The molecule has 0 atom stereocenters. The van der Waals surface area contributed by atoms with Gasteiger partial charge < -0.3 is 0 Å². The molecular weight excluding hydrogens is 246 g/mol. The van der Waals surface area contributed by atoms with E-state index < -0.39 is 0 Å².